The van der Waals surface area contributed by atoms with Crippen LogP contribution in [0.25, 0.3) is 22.8 Å². The Kier molecular flexibility index (Phi) is 6.61. The van der Waals surface area contributed by atoms with E-state index >= 15 is 0 Å². The Hall–Kier alpha value is -3.06. The molecular formula is C25H28ClN3O4. The molecule has 2 unspecified atom stereocenters. The van der Waals surface area contributed by atoms with E-state index in [9.17, 15) is 9.90 Å². The molecule has 7 nitrogen and oxygen atoms in total. The van der Waals surface area contributed by atoms with E-state index in [1.807, 2.05) is 51.1 Å². The van der Waals surface area contributed by atoms with Crippen LogP contribution < -0.4 is 10.1 Å². The van der Waals surface area contributed by atoms with Crippen LogP contribution in [0.15, 0.2) is 47.0 Å². The van der Waals surface area contributed by atoms with Gasteiger partial charge in [0.05, 0.1) is 16.5 Å². The van der Waals surface area contributed by atoms with Crippen LogP contribution in [0.1, 0.15) is 40.0 Å². The van der Waals surface area contributed by atoms with Crippen LogP contribution in [0.5, 0.6) is 5.75 Å². The van der Waals surface area contributed by atoms with E-state index < -0.39 is 11.4 Å². The van der Waals surface area contributed by atoms with Crippen molar-refractivity contribution in [3.63, 3.8) is 0 Å². The maximum atomic E-state index is 11.4. The summed E-state index contributed by atoms with van der Waals surface area (Å²) in [5.41, 5.74) is 1.92. The molecule has 1 fully saturated rings. The Balaban J connectivity index is 1.38. The van der Waals surface area contributed by atoms with Crippen molar-refractivity contribution in [1.82, 2.24) is 10.1 Å². The van der Waals surface area contributed by atoms with Gasteiger partial charge in [-0.2, -0.15) is 4.98 Å². The lowest BCUT2D eigenvalue weighted by atomic mass is 9.88. The third kappa shape index (κ3) is 5.30. The number of ether oxygens (including phenoxy) is 1. The molecule has 1 aliphatic carbocycles. The van der Waals surface area contributed by atoms with Crippen LogP contribution in [0.4, 0.5) is 5.69 Å². The highest BCUT2D eigenvalue weighted by Crippen LogP contribution is 2.41. The predicted molar refractivity (Wildman–Crippen MR) is 128 cm³/mol. The lowest BCUT2D eigenvalue weighted by Gasteiger charge is -2.18. The number of nitrogens with zero attached hydrogens (tertiary/aromatic N) is 2. The fourth-order valence-corrected chi connectivity index (χ4v) is 4.40. The number of hydrogen-bond acceptors (Lipinski definition) is 6. The largest absolute Gasteiger partial charge is 0.489 e. The number of carbonyl (C=O) groups is 1. The van der Waals surface area contributed by atoms with Gasteiger partial charge in [0.1, 0.15) is 5.75 Å². The number of anilines is 1. The van der Waals surface area contributed by atoms with Gasteiger partial charge < -0.3 is 19.7 Å². The molecule has 1 aromatic heterocycles. The number of benzene rings is 2. The summed E-state index contributed by atoms with van der Waals surface area (Å²) < 4.78 is 11.1. The van der Waals surface area contributed by atoms with E-state index in [1.165, 1.54) is 0 Å². The lowest BCUT2D eigenvalue weighted by molar-refractivity contribution is -0.147. The van der Waals surface area contributed by atoms with Crippen LogP contribution >= 0.6 is 11.6 Å². The van der Waals surface area contributed by atoms with E-state index in [0.717, 1.165) is 36.2 Å². The highest BCUT2D eigenvalue weighted by atomic mass is 35.5. The lowest BCUT2D eigenvalue weighted by Crippen LogP contribution is -2.25. The van der Waals surface area contributed by atoms with Crippen LogP contribution in [0, 0.1) is 11.3 Å². The van der Waals surface area contributed by atoms with Crippen molar-refractivity contribution in [3.05, 3.63) is 47.5 Å². The minimum Gasteiger partial charge on any atom is -0.489 e. The summed E-state index contributed by atoms with van der Waals surface area (Å²) >= 11 is 6.33. The standard InChI is InChI=1S/C25H28ClN3O4/c1-15(2)32-21-9-6-18(12-20(21)26)22-28-23(33-29-22)17-4-7-19(8-5-17)27-14-16-10-11-25(3,13-16)24(30)31/h4-9,12,15-16,27H,10-11,13-14H2,1-3H3,(H,30,31). The zero-order chi connectivity index (χ0) is 23.6. The second-order valence-corrected chi connectivity index (χ2v) is 9.58. The summed E-state index contributed by atoms with van der Waals surface area (Å²) in [6, 6.07) is 13.2. The average Bonchev–Trinajstić information content (AvgIpc) is 3.42. The second kappa shape index (κ2) is 9.43. The van der Waals surface area contributed by atoms with Crippen molar-refractivity contribution in [2.75, 3.05) is 11.9 Å². The molecule has 1 saturated carbocycles. The van der Waals surface area contributed by atoms with Gasteiger partial charge in [-0.3, -0.25) is 4.79 Å². The predicted octanol–water partition coefficient (Wildman–Crippen LogP) is 6.15. The fourth-order valence-electron chi connectivity index (χ4n) is 4.17. The first kappa shape index (κ1) is 23.1. The Morgan fingerprint density at radius 1 is 1.27 bits per heavy atom. The van der Waals surface area contributed by atoms with Crippen LogP contribution in [-0.2, 0) is 4.79 Å². The monoisotopic (exact) mass is 469 g/mol. The highest BCUT2D eigenvalue weighted by Gasteiger charge is 2.41. The van der Waals surface area contributed by atoms with Crippen molar-refractivity contribution >= 4 is 23.3 Å². The average molecular weight is 470 g/mol. The van der Waals surface area contributed by atoms with Crippen molar-refractivity contribution in [2.45, 2.75) is 46.1 Å². The van der Waals surface area contributed by atoms with E-state index in [4.69, 9.17) is 20.9 Å². The fraction of sp³-hybridized carbons (Fsp3) is 0.400. The smallest absolute Gasteiger partial charge is 0.309 e. The zero-order valence-corrected chi connectivity index (χ0v) is 19.7. The normalized spacial score (nSPS) is 20.2. The Labute approximate surface area is 198 Å². The van der Waals surface area contributed by atoms with E-state index in [-0.39, 0.29) is 6.10 Å². The summed E-state index contributed by atoms with van der Waals surface area (Å²) in [6.45, 7) is 6.48. The number of nitrogens with one attached hydrogen (secondary N) is 1. The van der Waals surface area contributed by atoms with Crippen LogP contribution in [0.2, 0.25) is 5.02 Å². The molecule has 0 spiro atoms. The quantitative estimate of drug-likeness (QED) is 0.408. The molecule has 1 aliphatic rings. The van der Waals surface area contributed by atoms with E-state index in [1.54, 1.807) is 12.1 Å². The molecule has 3 aromatic rings. The van der Waals surface area contributed by atoms with Gasteiger partial charge in [-0.25, -0.2) is 0 Å². The topological polar surface area (TPSA) is 97.5 Å². The maximum Gasteiger partial charge on any atom is 0.309 e. The van der Waals surface area contributed by atoms with Gasteiger partial charge >= 0.3 is 5.97 Å². The molecule has 2 aromatic carbocycles. The minimum absolute atomic E-state index is 0.0331. The SMILES string of the molecule is CC(C)Oc1ccc(-c2noc(-c3ccc(NCC4CCC(C)(C(=O)O)C4)cc3)n2)cc1Cl. The Bertz CT molecular complexity index is 1130. The Morgan fingerprint density at radius 3 is 2.64 bits per heavy atom. The van der Waals surface area contributed by atoms with Crippen molar-refractivity contribution in [2.24, 2.45) is 11.3 Å². The summed E-state index contributed by atoms with van der Waals surface area (Å²) in [4.78, 5) is 15.9. The number of carboxylic acids is 1. The van der Waals surface area contributed by atoms with Crippen molar-refractivity contribution < 1.29 is 19.2 Å². The van der Waals surface area contributed by atoms with Crippen molar-refractivity contribution in [1.29, 1.82) is 0 Å². The summed E-state index contributed by atoms with van der Waals surface area (Å²) in [6.07, 6.45) is 2.39. The first-order chi connectivity index (χ1) is 15.7. The third-order valence-corrected chi connectivity index (χ3v) is 6.36. The number of aromatic nitrogens is 2. The number of hydrogen-bond donors (Lipinski definition) is 2. The molecular weight excluding hydrogens is 442 g/mol. The van der Waals surface area contributed by atoms with Gasteiger partial charge in [-0.05, 0) is 88.4 Å². The van der Waals surface area contributed by atoms with Gasteiger partial charge in [0.2, 0.25) is 5.82 Å². The molecule has 0 radical (unpaired) electrons. The molecule has 174 valence electrons. The molecule has 0 bridgehead atoms. The first-order valence-corrected chi connectivity index (χ1v) is 11.5. The molecule has 0 saturated heterocycles. The van der Waals surface area contributed by atoms with Gasteiger partial charge in [-0.1, -0.05) is 16.8 Å². The molecule has 0 amide bonds. The van der Waals surface area contributed by atoms with Crippen molar-refractivity contribution in [3.8, 4) is 28.6 Å². The van der Waals surface area contributed by atoms with Gasteiger partial charge in [0.15, 0.2) is 0 Å². The molecule has 8 heteroatoms. The zero-order valence-electron chi connectivity index (χ0n) is 19.0. The first-order valence-electron chi connectivity index (χ1n) is 11.1. The summed E-state index contributed by atoms with van der Waals surface area (Å²) in [5.74, 6) is 1.15. The molecule has 33 heavy (non-hydrogen) atoms. The number of aliphatic carboxylic acids is 1. The molecule has 2 atom stereocenters. The van der Waals surface area contributed by atoms with Crippen LogP contribution in [0.3, 0.4) is 0 Å². The number of carboxylic acid groups (broad SMARTS) is 1. The second-order valence-electron chi connectivity index (χ2n) is 9.17. The van der Waals surface area contributed by atoms with Gasteiger partial charge in [0, 0.05) is 23.4 Å². The molecule has 0 aliphatic heterocycles. The summed E-state index contributed by atoms with van der Waals surface area (Å²) in [7, 11) is 0. The molecule has 4 rings (SSSR count). The van der Waals surface area contributed by atoms with Crippen LogP contribution in [-0.4, -0.2) is 33.9 Å². The Morgan fingerprint density at radius 2 is 2.00 bits per heavy atom. The molecule has 1 heterocycles. The third-order valence-electron chi connectivity index (χ3n) is 6.07. The van der Waals surface area contributed by atoms with Gasteiger partial charge in [-0.15, -0.1) is 0 Å². The van der Waals surface area contributed by atoms with E-state index in [2.05, 4.69) is 15.5 Å². The minimum atomic E-state index is -0.699. The highest BCUT2D eigenvalue weighted by molar-refractivity contribution is 6.32. The van der Waals surface area contributed by atoms with E-state index in [0.29, 0.717) is 34.8 Å². The van der Waals surface area contributed by atoms with Gasteiger partial charge in [0.25, 0.3) is 5.89 Å². The maximum absolute atomic E-state index is 11.4. The number of rotatable bonds is 8. The molecule has 2 N–H and O–H groups in total. The number of halogens is 1. The summed E-state index contributed by atoms with van der Waals surface area (Å²) in [5, 5.41) is 17.4.